The van der Waals surface area contributed by atoms with Crippen molar-refractivity contribution >= 4 is 22.6 Å². The second-order valence-corrected chi connectivity index (χ2v) is 2.99. The van der Waals surface area contributed by atoms with Gasteiger partial charge in [0.05, 0.1) is 0 Å². The maximum atomic E-state index is 8.78. The Labute approximate surface area is 88.1 Å². The van der Waals surface area contributed by atoms with Crippen LogP contribution in [0.1, 0.15) is 19.6 Å². The van der Waals surface area contributed by atoms with Crippen LogP contribution in [0.15, 0.2) is 28.7 Å². The van der Waals surface area contributed by atoms with Gasteiger partial charge in [-0.3, -0.25) is 0 Å². The molecule has 0 aliphatic heterocycles. The van der Waals surface area contributed by atoms with Crippen LogP contribution in [0.25, 0.3) is 11.0 Å². The highest BCUT2D eigenvalue weighted by Crippen LogP contribution is 2.22. The molecule has 1 N–H and O–H groups in total. The lowest BCUT2D eigenvalue weighted by molar-refractivity contribution is 0.251. The molecule has 0 amide bonds. The van der Waals surface area contributed by atoms with E-state index >= 15 is 0 Å². The van der Waals surface area contributed by atoms with Crippen LogP contribution in [0.4, 0.5) is 0 Å². The molecule has 0 aliphatic rings. The molecule has 0 fully saturated rings. The minimum atomic E-state index is -0.0771. The van der Waals surface area contributed by atoms with E-state index in [1.165, 1.54) is 0 Å². The Morgan fingerprint density at radius 3 is 2.64 bits per heavy atom. The van der Waals surface area contributed by atoms with E-state index in [4.69, 9.17) is 21.1 Å². The molecule has 0 radical (unpaired) electrons. The van der Waals surface area contributed by atoms with Gasteiger partial charge < -0.3 is 9.52 Å². The van der Waals surface area contributed by atoms with Crippen molar-refractivity contribution in [3.8, 4) is 0 Å². The molecule has 14 heavy (non-hydrogen) atoms. The summed E-state index contributed by atoms with van der Waals surface area (Å²) in [5.41, 5.74) is 0.753. The molecule has 3 heteroatoms. The van der Waals surface area contributed by atoms with Crippen LogP contribution >= 0.6 is 11.6 Å². The Kier molecular flexibility index (Phi) is 3.98. The zero-order chi connectivity index (χ0) is 10.6. The third-order valence-corrected chi connectivity index (χ3v) is 1.92. The maximum absolute atomic E-state index is 8.78. The van der Waals surface area contributed by atoms with Crippen LogP contribution in [0, 0.1) is 0 Å². The minimum absolute atomic E-state index is 0.0771. The monoisotopic (exact) mass is 212 g/mol. The molecule has 2 nitrogen and oxygen atoms in total. The predicted octanol–water partition coefficient (Wildman–Crippen LogP) is 3.60. The van der Waals surface area contributed by atoms with E-state index in [1.54, 1.807) is 24.3 Å². The molecule has 1 aromatic heterocycles. The molecule has 1 aromatic carbocycles. The van der Waals surface area contributed by atoms with Crippen LogP contribution in [0.5, 0.6) is 0 Å². The summed E-state index contributed by atoms with van der Waals surface area (Å²) in [6.45, 7) is 3.92. The standard InChI is InChI=1S/C9H7ClO2.C2H6/c10-7-1-2-9-6(3-7)4-8(5-11)12-9;1-2/h1-4,11H,5H2;1-2H3. The highest BCUT2D eigenvalue weighted by molar-refractivity contribution is 6.31. The molecule has 0 unspecified atom stereocenters. The SMILES string of the molecule is CC.OCc1cc2cc(Cl)ccc2o1. The van der Waals surface area contributed by atoms with Crippen LogP contribution < -0.4 is 0 Å². The molecular weight excluding hydrogens is 200 g/mol. The maximum Gasteiger partial charge on any atom is 0.134 e. The number of furan rings is 1. The molecule has 2 aromatic rings. The number of hydrogen-bond acceptors (Lipinski definition) is 2. The van der Waals surface area contributed by atoms with Gasteiger partial charge in [0.15, 0.2) is 0 Å². The highest BCUT2D eigenvalue weighted by Gasteiger charge is 2.01. The van der Waals surface area contributed by atoms with E-state index in [0.29, 0.717) is 10.8 Å². The molecule has 0 saturated heterocycles. The Bertz CT molecular complexity index is 407. The van der Waals surface area contributed by atoms with Gasteiger partial charge in [-0.05, 0) is 24.3 Å². The van der Waals surface area contributed by atoms with Gasteiger partial charge in [0.25, 0.3) is 0 Å². The van der Waals surface area contributed by atoms with Gasteiger partial charge in [-0.2, -0.15) is 0 Å². The molecule has 0 bridgehead atoms. The summed E-state index contributed by atoms with van der Waals surface area (Å²) >= 11 is 5.77. The topological polar surface area (TPSA) is 33.4 Å². The van der Waals surface area contributed by atoms with Crippen molar-refractivity contribution in [3.63, 3.8) is 0 Å². The quantitative estimate of drug-likeness (QED) is 0.784. The summed E-state index contributed by atoms with van der Waals surface area (Å²) in [5, 5.41) is 10.4. The van der Waals surface area contributed by atoms with Crippen molar-refractivity contribution in [2.24, 2.45) is 0 Å². The average molecular weight is 213 g/mol. The van der Waals surface area contributed by atoms with Crippen LogP contribution in [-0.4, -0.2) is 5.11 Å². The van der Waals surface area contributed by atoms with Crippen molar-refractivity contribution < 1.29 is 9.52 Å². The molecule has 1 heterocycles. The summed E-state index contributed by atoms with van der Waals surface area (Å²) in [6, 6.07) is 7.13. The van der Waals surface area contributed by atoms with E-state index in [1.807, 2.05) is 13.8 Å². The second-order valence-electron chi connectivity index (χ2n) is 2.55. The van der Waals surface area contributed by atoms with Gasteiger partial charge in [-0.1, -0.05) is 25.4 Å². The first kappa shape index (κ1) is 11.1. The lowest BCUT2D eigenvalue weighted by atomic mass is 10.2. The van der Waals surface area contributed by atoms with E-state index < -0.39 is 0 Å². The van der Waals surface area contributed by atoms with Gasteiger partial charge in [-0.15, -0.1) is 0 Å². The fourth-order valence-corrected chi connectivity index (χ4v) is 1.33. The zero-order valence-corrected chi connectivity index (χ0v) is 9.01. The summed E-state index contributed by atoms with van der Waals surface area (Å²) in [5.74, 6) is 0.562. The van der Waals surface area contributed by atoms with Crippen LogP contribution in [-0.2, 0) is 6.61 Å². The van der Waals surface area contributed by atoms with Gasteiger partial charge in [0, 0.05) is 10.4 Å². The smallest absolute Gasteiger partial charge is 0.134 e. The number of benzene rings is 1. The number of aliphatic hydroxyl groups excluding tert-OH is 1. The Balaban J connectivity index is 0.000000461. The van der Waals surface area contributed by atoms with Gasteiger partial charge in [0.1, 0.15) is 18.0 Å². The minimum Gasteiger partial charge on any atom is -0.459 e. The number of aliphatic hydroxyl groups is 1. The lowest BCUT2D eigenvalue weighted by Crippen LogP contribution is -1.72. The van der Waals surface area contributed by atoms with E-state index in [-0.39, 0.29) is 6.61 Å². The van der Waals surface area contributed by atoms with Crippen molar-refractivity contribution in [2.75, 3.05) is 0 Å². The number of fused-ring (bicyclic) bond motifs is 1. The molecule has 0 saturated carbocycles. The summed E-state index contributed by atoms with van der Waals surface area (Å²) in [7, 11) is 0. The fourth-order valence-electron chi connectivity index (χ4n) is 1.15. The first-order valence-electron chi connectivity index (χ1n) is 4.58. The van der Waals surface area contributed by atoms with Crippen molar-refractivity contribution in [1.82, 2.24) is 0 Å². The lowest BCUT2D eigenvalue weighted by Gasteiger charge is -1.87. The van der Waals surface area contributed by atoms with Crippen molar-refractivity contribution in [1.29, 1.82) is 0 Å². The molecule has 2 rings (SSSR count). The van der Waals surface area contributed by atoms with E-state index in [0.717, 1.165) is 11.0 Å². The Morgan fingerprint density at radius 1 is 1.29 bits per heavy atom. The van der Waals surface area contributed by atoms with Crippen molar-refractivity contribution in [3.05, 3.63) is 35.0 Å². The van der Waals surface area contributed by atoms with Gasteiger partial charge >= 0.3 is 0 Å². The Hall–Kier alpha value is -0.990. The first-order valence-corrected chi connectivity index (χ1v) is 4.96. The molecule has 0 aliphatic carbocycles. The van der Waals surface area contributed by atoms with E-state index in [9.17, 15) is 0 Å². The number of hydrogen-bond donors (Lipinski definition) is 1. The van der Waals surface area contributed by atoms with E-state index in [2.05, 4.69) is 0 Å². The normalized spacial score (nSPS) is 9.71. The molecule has 76 valence electrons. The number of halogens is 1. The van der Waals surface area contributed by atoms with Crippen molar-refractivity contribution in [2.45, 2.75) is 20.5 Å². The van der Waals surface area contributed by atoms with Crippen LogP contribution in [0.2, 0.25) is 5.02 Å². The molecular formula is C11H13ClO2. The average Bonchev–Trinajstić information content (AvgIpc) is 2.62. The third-order valence-electron chi connectivity index (χ3n) is 1.69. The largest absolute Gasteiger partial charge is 0.459 e. The number of rotatable bonds is 1. The molecule has 0 spiro atoms. The predicted molar refractivity (Wildman–Crippen MR) is 58.5 cm³/mol. The Morgan fingerprint density at radius 2 is 2.00 bits per heavy atom. The summed E-state index contributed by atoms with van der Waals surface area (Å²) in [6.07, 6.45) is 0. The van der Waals surface area contributed by atoms with Crippen LogP contribution in [0.3, 0.4) is 0 Å². The summed E-state index contributed by atoms with van der Waals surface area (Å²) < 4.78 is 5.26. The third kappa shape index (κ3) is 2.28. The van der Waals surface area contributed by atoms with Gasteiger partial charge in [-0.25, -0.2) is 0 Å². The first-order chi connectivity index (χ1) is 6.79. The summed E-state index contributed by atoms with van der Waals surface area (Å²) in [4.78, 5) is 0. The second kappa shape index (κ2) is 5.03. The highest BCUT2D eigenvalue weighted by atomic mass is 35.5. The zero-order valence-electron chi connectivity index (χ0n) is 8.25. The molecule has 0 atom stereocenters. The van der Waals surface area contributed by atoms with Gasteiger partial charge in [0.2, 0.25) is 0 Å². The fraction of sp³-hybridized carbons (Fsp3) is 0.273.